The number of hydrogen-bond acceptors (Lipinski definition) is 2. The zero-order valence-corrected chi connectivity index (χ0v) is 9.26. The fourth-order valence-electron chi connectivity index (χ4n) is 2.86. The van der Waals surface area contributed by atoms with Gasteiger partial charge in [0.1, 0.15) is 0 Å². The molecule has 0 spiro atoms. The quantitative estimate of drug-likeness (QED) is 0.697. The van der Waals surface area contributed by atoms with Crippen molar-refractivity contribution in [2.45, 2.75) is 44.8 Å². The molecule has 2 nitrogen and oxygen atoms in total. The second-order valence-corrected chi connectivity index (χ2v) is 4.88. The third-order valence-electron chi connectivity index (χ3n) is 3.80. The molecule has 3 unspecified atom stereocenters. The van der Waals surface area contributed by atoms with Crippen LogP contribution in [0.5, 0.6) is 0 Å². The van der Waals surface area contributed by atoms with Gasteiger partial charge in [-0.25, -0.2) is 0 Å². The number of allylic oxidation sites excluding steroid dienone is 3. The molecule has 0 saturated heterocycles. The number of aliphatic hydroxyl groups is 2. The summed E-state index contributed by atoms with van der Waals surface area (Å²) in [6, 6.07) is 0. The van der Waals surface area contributed by atoms with E-state index >= 15 is 0 Å². The lowest BCUT2D eigenvalue weighted by molar-refractivity contribution is 0.173. The van der Waals surface area contributed by atoms with E-state index in [1.54, 1.807) is 0 Å². The Morgan fingerprint density at radius 1 is 1.60 bits per heavy atom. The Bertz CT molecular complexity index is 282. The van der Waals surface area contributed by atoms with Crippen LogP contribution in [0.15, 0.2) is 24.3 Å². The van der Waals surface area contributed by atoms with Gasteiger partial charge in [0.05, 0.1) is 12.2 Å². The third-order valence-corrected chi connectivity index (χ3v) is 3.80. The molecule has 4 atom stereocenters. The fourth-order valence-corrected chi connectivity index (χ4v) is 2.86. The topological polar surface area (TPSA) is 40.5 Å². The van der Waals surface area contributed by atoms with Gasteiger partial charge in [0.25, 0.3) is 0 Å². The van der Waals surface area contributed by atoms with Crippen LogP contribution in [-0.2, 0) is 0 Å². The third kappa shape index (κ3) is 2.01. The van der Waals surface area contributed by atoms with E-state index in [1.807, 2.05) is 13.0 Å². The van der Waals surface area contributed by atoms with Crippen LogP contribution in [0.1, 0.15) is 32.6 Å². The molecular formula is C13H20O2. The summed E-state index contributed by atoms with van der Waals surface area (Å²) in [6.45, 7) is 1.97. The minimum Gasteiger partial charge on any atom is -0.393 e. The van der Waals surface area contributed by atoms with Gasteiger partial charge >= 0.3 is 0 Å². The van der Waals surface area contributed by atoms with Crippen LogP contribution in [0.25, 0.3) is 0 Å². The van der Waals surface area contributed by atoms with Crippen molar-refractivity contribution in [2.24, 2.45) is 11.3 Å². The minimum absolute atomic E-state index is 0.0373. The zero-order chi connectivity index (χ0) is 10.9. The lowest BCUT2D eigenvalue weighted by atomic mass is 9.80. The predicted octanol–water partition coefficient (Wildman–Crippen LogP) is 2.03. The van der Waals surface area contributed by atoms with Crippen molar-refractivity contribution in [3.8, 4) is 0 Å². The highest BCUT2D eigenvalue weighted by Gasteiger charge is 2.45. The monoisotopic (exact) mass is 208 g/mol. The van der Waals surface area contributed by atoms with Crippen LogP contribution >= 0.6 is 0 Å². The maximum atomic E-state index is 9.69. The standard InChI is InChI=1S/C13H20O2/c1-2-11(14)5-7-13-6-3-4-10(13)8-12(15)9-13/h3,5-7,10-12,14-15H,2,4,8-9H2,1H3/b7-5+/t10?,11-,12?,13?/m0/s1. The fraction of sp³-hybridized carbons (Fsp3) is 0.692. The van der Waals surface area contributed by atoms with Gasteiger partial charge < -0.3 is 10.2 Å². The molecule has 0 bridgehead atoms. The Labute approximate surface area is 91.3 Å². The van der Waals surface area contributed by atoms with E-state index < -0.39 is 0 Å². The van der Waals surface area contributed by atoms with E-state index in [0.717, 1.165) is 25.7 Å². The van der Waals surface area contributed by atoms with Crippen molar-refractivity contribution in [3.63, 3.8) is 0 Å². The van der Waals surface area contributed by atoms with E-state index in [0.29, 0.717) is 5.92 Å². The second-order valence-electron chi connectivity index (χ2n) is 4.88. The van der Waals surface area contributed by atoms with Crippen molar-refractivity contribution in [1.82, 2.24) is 0 Å². The molecule has 2 heteroatoms. The van der Waals surface area contributed by atoms with E-state index in [4.69, 9.17) is 0 Å². The van der Waals surface area contributed by atoms with Gasteiger partial charge in [-0.2, -0.15) is 0 Å². The lowest BCUT2D eigenvalue weighted by Crippen LogP contribution is -2.17. The molecule has 0 aromatic rings. The molecule has 2 N–H and O–H groups in total. The first-order valence-corrected chi connectivity index (χ1v) is 5.89. The number of hydrogen-bond donors (Lipinski definition) is 2. The van der Waals surface area contributed by atoms with Gasteiger partial charge in [-0.1, -0.05) is 31.2 Å². The molecule has 2 rings (SSSR count). The summed E-state index contributed by atoms with van der Waals surface area (Å²) in [5.74, 6) is 0.549. The Morgan fingerprint density at radius 2 is 2.40 bits per heavy atom. The smallest absolute Gasteiger partial charge is 0.0718 e. The van der Waals surface area contributed by atoms with Crippen molar-refractivity contribution in [3.05, 3.63) is 24.3 Å². The van der Waals surface area contributed by atoms with E-state index in [2.05, 4.69) is 18.2 Å². The Morgan fingerprint density at radius 3 is 3.13 bits per heavy atom. The molecule has 0 aliphatic heterocycles. The molecule has 0 radical (unpaired) electrons. The van der Waals surface area contributed by atoms with Gasteiger partial charge in [0.15, 0.2) is 0 Å². The average molecular weight is 208 g/mol. The summed E-state index contributed by atoms with van der Waals surface area (Å²) in [5.41, 5.74) is 0.0373. The molecular weight excluding hydrogens is 188 g/mol. The molecule has 1 fully saturated rings. The summed E-state index contributed by atoms with van der Waals surface area (Å²) < 4.78 is 0. The summed E-state index contributed by atoms with van der Waals surface area (Å²) >= 11 is 0. The van der Waals surface area contributed by atoms with Crippen LogP contribution in [-0.4, -0.2) is 22.4 Å². The lowest BCUT2D eigenvalue weighted by Gasteiger charge is -2.24. The average Bonchev–Trinajstić information content (AvgIpc) is 2.70. The minimum atomic E-state index is -0.341. The molecule has 0 aromatic heterocycles. The van der Waals surface area contributed by atoms with E-state index in [1.165, 1.54) is 0 Å². The van der Waals surface area contributed by atoms with Gasteiger partial charge in [0, 0.05) is 5.41 Å². The van der Waals surface area contributed by atoms with Crippen molar-refractivity contribution in [2.75, 3.05) is 0 Å². The first kappa shape index (κ1) is 10.9. The molecule has 84 valence electrons. The van der Waals surface area contributed by atoms with Crippen LogP contribution in [0, 0.1) is 11.3 Å². The molecule has 15 heavy (non-hydrogen) atoms. The van der Waals surface area contributed by atoms with Crippen molar-refractivity contribution in [1.29, 1.82) is 0 Å². The predicted molar refractivity (Wildman–Crippen MR) is 60.4 cm³/mol. The number of aliphatic hydroxyl groups excluding tert-OH is 2. The summed E-state index contributed by atoms with van der Waals surface area (Å²) in [4.78, 5) is 0. The molecule has 0 heterocycles. The molecule has 2 aliphatic rings. The molecule has 2 aliphatic carbocycles. The van der Waals surface area contributed by atoms with Crippen LogP contribution in [0.4, 0.5) is 0 Å². The summed E-state index contributed by atoms with van der Waals surface area (Å²) in [6.07, 6.45) is 11.5. The first-order valence-electron chi connectivity index (χ1n) is 5.89. The molecule has 1 saturated carbocycles. The van der Waals surface area contributed by atoms with Crippen LogP contribution < -0.4 is 0 Å². The van der Waals surface area contributed by atoms with Crippen LogP contribution in [0.3, 0.4) is 0 Å². The second kappa shape index (κ2) is 4.11. The largest absolute Gasteiger partial charge is 0.393 e. The Kier molecular flexibility index (Phi) is 2.98. The zero-order valence-electron chi connectivity index (χ0n) is 9.26. The summed E-state index contributed by atoms with van der Waals surface area (Å²) in [7, 11) is 0. The summed E-state index contributed by atoms with van der Waals surface area (Å²) in [5, 5.41) is 19.2. The maximum Gasteiger partial charge on any atom is 0.0718 e. The SMILES string of the molecule is CC[C@H](O)/C=C/C12C=CCC1CC(O)C2. The first-order chi connectivity index (χ1) is 7.16. The highest BCUT2D eigenvalue weighted by atomic mass is 16.3. The Hall–Kier alpha value is -0.600. The highest BCUT2D eigenvalue weighted by Crippen LogP contribution is 2.51. The van der Waals surface area contributed by atoms with Gasteiger partial charge in [-0.3, -0.25) is 0 Å². The van der Waals surface area contributed by atoms with Crippen molar-refractivity contribution < 1.29 is 10.2 Å². The van der Waals surface area contributed by atoms with Gasteiger partial charge in [-0.15, -0.1) is 0 Å². The Balaban J connectivity index is 2.11. The normalized spacial score (nSPS) is 41.3. The van der Waals surface area contributed by atoms with E-state index in [9.17, 15) is 10.2 Å². The van der Waals surface area contributed by atoms with Crippen LogP contribution in [0.2, 0.25) is 0 Å². The van der Waals surface area contributed by atoms with Gasteiger partial charge in [0.2, 0.25) is 0 Å². The number of fused-ring (bicyclic) bond motifs is 1. The van der Waals surface area contributed by atoms with E-state index in [-0.39, 0.29) is 17.6 Å². The highest BCUT2D eigenvalue weighted by molar-refractivity contribution is 5.24. The van der Waals surface area contributed by atoms with Gasteiger partial charge in [-0.05, 0) is 31.6 Å². The number of rotatable bonds is 3. The maximum absolute atomic E-state index is 9.69. The molecule has 0 aromatic carbocycles. The van der Waals surface area contributed by atoms with Crippen molar-refractivity contribution >= 4 is 0 Å². The molecule has 0 amide bonds.